The summed E-state index contributed by atoms with van der Waals surface area (Å²) in [5.74, 6) is 1.70. The summed E-state index contributed by atoms with van der Waals surface area (Å²) in [4.78, 5) is 8.92. The molecule has 0 aliphatic carbocycles. The lowest BCUT2D eigenvalue weighted by Crippen LogP contribution is -2.14. The summed E-state index contributed by atoms with van der Waals surface area (Å²) in [5, 5.41) is 5.45. The van der Waals surface area contributed by atoms with Crippen LogP contribution in [0.5, 0.6) is 0 Å². The van der Waals surface area contributed by atoms with E-state index in [0.717, 1.165) is 16.5 Å². The molecule has 0 spiro atoms. The van der Waals surface area contributed by atoms with Crippen LogP contribution in [0, 0.1) is 6.92 Å². The van der Waals surface area contributed by atoms with Crippen LogP contribution in [0.1, 0.15) is 18.3 Å². The molecule has 0 radical (unpaired) electrons. The Morgan fingerprint density at radius 1 is 1.22 bits per heavy atom. The maximum absolute atomic E-state index is 11.8. The number of rotatable bonds is 2. The monoisotopic (exact) mass is 328 g/mol. The highest BCUT2D eigenvalue weighted by molar-refractivity contribution is 7.91. The first-order valence-corrected chi connectivity index (χ1v) is 9.33. The van der Waals surface area contributed by atoms with Crippen LogP contribution >= 0.6 is 0 Å². The normalized spacial score (nSPS) is 20.1. The number of fused-ring (bicyclic) bond motifs is 1. The third kappa shape index (κ3) is 2.50. The average Bonchev–Trinajstić information content (AvgIpc) is 3.09. The lowest BCUT2D eigenvalue weighted by molar-refractivity contribution is 0.502. The van der Waals surface area contributed by atoms with E-state index >= 15 is 0 Å². The summed E-state index contributed by atoms with van der Waals surface area (Å²) in [6.45, 7) is 1.83. The van der Waals surface area contributed by atoms with Gasteiger partial charge in [0.2, 0.25) is 0 Å². The highest BCUT2D eigenvalue weighted by atomic mass is 32.2. The molecule has 1 aromatic carbocycles. The molecule has 1 atom stereocenters. The van der Waals surface area contributed by atoms with Crippen molar-refractivity contribution in [2.24, 2.45) is 0 Å². The standard InChI is InChI=1S/C16H16N4O2S/c1-11-18-16(20(19-11)12-7-9-23(21,22)10-12)14-6-8-17-15-5-3-2-4-13(14)15/h2-6,8,12H,7,9-10H2,1H3. The number of nitrogens with zero attached hydrogens (tertiary/aromatic N) is 4. The Bertz CT molecular complexity index is 989. The zero-order valence-corrected chi connectivity index (χ0v) is 13.5. The Kier molecular flexibility index (Phi) is 3.19. The molecule has 118 valence electrons. The number of para-hydroxylation sites is 1. The Balaban J connectivity index is 1.89. The van der Waals surface area contributed by atoms with Crippen LogP contribution in [0.15, 0.2) is 36.5 Å². The SMILES string of the molecule is Cc1nc(-c2ccnc3ccccc23)n(C2CCS(=O)(=O)C2)n1. The van der Waals surface area contributed by atoms with Gasteiger partial charge in [0.25, 0.3) is 0 Å². The van der Waals surface area contributed by atoms with Crippen LogP contribution in [-0.2, 0) is 9.84 Å². The zero-order chi connectivity index (χ0) is 16.0. The first-order chi connectivity index (χ1) is 11.0. The van der Waals surface area contributed by atoms with E-state index in [-0.39, 0.29) is 17.5 Å². The van der Waals surface area contributed by atoms with Crippen molar-refractivity contribution in [3.63, 3.8) is 0 Å². The molecule has 1 aliphatic heterocycles. The van der Waals surface area contributed by atoms with Crippen molar-refractivity contribution in [2.75, 3.05) is 11.5 Å². The van der Waals surface area contributed by atoms with Gasteiger partial charge in [-0.15, -0.1) is 0 Å². The maximum atomic E-state index is 11.8. The van der Waals surface area contributed by atoms with Crippen molar-refractivity contribution in [3.8, 4) is 11.4 Å². The molecular weight excluding hydrogens is 312 g/mol. The molecule has 3 aromatic rings. The molecule has 1 saturated heterocycles. The number of hydrogen-bond acceptors (Lipinski definition) is 5. The molecule has 3 heterocycles. The summed E-state index contributed by atoms with van der Waals surface area (Å²) in [7, 11) is -2.98. The summed E-state index contributed by atoms with van der Waals surface area (Å²) in [5.41, 5.74) is 1.82. The molecule has 4 rings (SSSR count). The highest BCUT2D eigenvalue weighted by Crippen LogP contribution is 2.31. The number of benzene rings is 1. The van der Waals surface area contributed by atoms with Gasteiger partial charge in [0.05, 0.1) is 23.1 Å². The lowest BCUT2D eigenvalue weighted by atomic mass is 10.1. The first kappa shape index (κ1) is 14.3. The first-order valence-electron chi connectivity index (χ1n) is 7.51. The largest absolute Gasteiger partial charge is 0.256 e. The molecule has 0 saturated carbocycles. The van der Waals surface area contributed by atoms with Crippen molar-refractivity contribution in [3.05, 3.63) is 42.4 Å². The Morgan fingerprint density at radius 3 is 2.83 bits per heavy atom. The van der Waals surface area contributed by atoms with Gasteiger partial charge in [0, 0.05) is 17.1 Å². The van der Waals surface area contributed by atoms with Crippen LogP contribution in [-0.4, -0.2) is 39.7 Å². The second-order valence-electron chi connectivity index (χ2n) is 5.86. The van der Waals surface area contributed by atoms with Crippen molar-refractivity contribution in [1.82, 2.24) is 19.7 Å². The van der Waals surface area contributed by atoms with E-state index in [1.54, 1.807) is 10.9 Å². The van der Waals surface area contributed by atoms with Gasteiger partial charge < -0.3 is 0 Å². The summed E-state index contributed by atoms with van der Waals surface area (Å²) >= 11 is 0. The van der Waals surface area contributed by atoms with E-state index in [1.807, 2.05) is 37.3 Å². The molecule has 2 aromatic heterocycles. The lowest BCUT2D eigenvalue weighted by Gasteiger charge is -2.13. The minimum absolute atomic E-state index is 0.131. The van der Waals surface area contributed by atoms with Crippen LogP contribution in [0.4, 0.5) is 0 Å². The number of sulfone groups is 1. The van der Waals surface area contributed by atoms with Gasteiger partial charge in [-0.2, -0.15) is 5.10 Å². The number of aryl methyl sites for hydroxylation is 1. The summed E-state index contributed by atoms with van der Waals surface area (Å²) in [6, 6.07) is 9.61. The maximum Gasteiger partial charge on any atom is 0.159 e. The zero-order valence-electron chi connectivity index (χ0n) is 12.7. The number of hydrogen-bond donors (Lipinski definition) is 0. The van der Waals surface area contributed by atoms with Crippen molar-refractivity contribution >= 4 is 20.7 Å². The topological polar surface area (TPSA) is 77.7 Å². The summed E-state index contributed by atoms with van der Waals surface area (Å²) in [6.07, 6.45) is 2.33. The Labute approximate surface area is 134 Å². The van der Waals surface area contributed by atoms with Crippen LogP contribution in [0.3, 0.4) is 0 Å². The van der Waals surface area contributed by atoms with E-state index in [2.05, 4.69) is 15.1 Å². The van der Waals surface area contributed by atoms with E-state index < -0.39 is 9.84 Å². The highest BCUT2D eigenvalue weighted by Gasteiger charge is 2.32. The van der Waals surface area contributed by atoms with Gasteiger partial charge in [0.15, 0.2) is 15.7 Å². The van der Waals surface area contributed by atoms with Gasteiger partial charge in [-0.25, -0.2) is 18.1 Å². The molecule has 7 heteroatoms. The number of pyridine rings is 1. The van der Waals surface area contributed by atoms with E-state index in [1.165, 1.54) is 0 Å². The molecule has 23 heavy (non-hydrogen) atoms. The smallest absolute Gasteiger partial charge is 0.159 e. The molecule has 1 fully saturated rings. The van der Waals surface area contributed by atoms with Gasteiger partial charge >= 0.3 is 0 Å². The van der Waals surface area contributed by atoms with Crippen LogP contribution < -0.4 is 0 Å². The molecule has 1 aliphatic rings. The fraction of sp³-hybridized carbons (Fsp3) is 0.312. The quantitative estimate of drug-likeness (QED) is 0.720. The average molecular weight is 328 g/mol. The second-order valence-corrected chi connectivity index (χ2v) is 8.09. The van der Waals surface area contributed by atoms with Crippen molar-refractivity contribution < 1.29 is 8.42 Å². The minimum atomic E-state index is -2.98. The second kappa shape index (κ2) is 5.13. The predicted molar refractivity (Wildman–Crippen MR) is 87.8 cm³/mol. The van der Waals surface area contributed by atoms with E-state index in [0.29, 0.717) is 18.1 Å². The van der Waals surface area contributed by atoms with Gasteiger partial charge in [-0.3, -0.25) is 4.98 Å². The van der Waals surface area contributed by atoms with Crippen LogP contribution in [0.2, 0.25) is 0 Å². The molecule has 0 amide bonds. The van der Waals surface area contributed by atoms with Crippen molar-refractivity contribution in [2.45, 2.75) is 19.4 Å². The molecule has 1 unspecified atom stereocenters. The Hall–Kier alpha value is -2.28. The van der Waals surface area contributed by atoms with Gasteiger partial charge in [-0.1, -0.05) is 18.2 Å². The predicted octanol–water partition coefficient (Wildman–Crippen LogP) is 2.16. The van der Waals surface area contributed by atoms with E-state index in [4.69, 9.17) is 0 Å². The van der Waals surface area contributed by atoms with Gasteiger partial charge in [0.1, 0.15) is 5.82 Å². The van der Waals surface area contributed by atoms with Crippen molar-refractivity contribution in [1.29, 1.82) is 0 Å². The Morgan fingerprint density at radius 2 is 2.04 bits per heavy atom. The molecule has 0 N–H and O–H groups in total. The third-order valence-electron chi connectivity index (χ3n) is 4.18. The minimum Gasteiger partial charge on any atom is -0.256 e. The summed E-state index contributed by atoms with van der Waals surface area (Å²) < 4.78 is 25.4. The molecule has 6 nitrogen and oxygen atoms in total. The fourth-order valence-corrected chi connectivity index (χ4v) is 4.82. The molecule has 0 bridgehead atoms. The van der Waals surface area contributed by atoms with Gasteiger partial charge in [-0.05, 0) is 25.5 Å². The number of aromatic nitrogens is 4. The fourth-order valence-electron chi connectivity index (χ4n) is 3.13. The van der Waals surface area contributed by atoms with E-state index in [9.17, 15) is 8.42 Å². The molecular formula is C16H16N4O2S. The third-order valence-corrected chi connectivity index (χ3v) is 5.93. The van der Waals surface area contributed by atoms with Crippen LogP contribution in [0.25, 0.3) is 22.3 Å².